The van der Waals surface area contributed by atoms with Crippen LogP contribution in [0, 0.1) is 5.92 Å². The highest BCUT2D eigenvalue weighted by molar-refractivity contribution is 7.91. The molecular weight excluding hydrogens is 308 g/mol. The molecule has 7 nitrogen and oxygen atoms in total. The summed E-state index contributed by atoms with van der Waals surface area (Å²) in [4.78, 5) is 23.0. The lowest BCUT2D eigenvalue weighted by molar-refractivity contribution is -0.124. The molecule has 1 N–H and O–H groups in total. The Balaban J connectivity index is 1.90. The van der Waals surface area contributed by atoms with Gasteiger partial charge in [-0.15, -0.1) is 0 Å². The van der Waals surface area contributed by atoms with E-state index in [-0.39, 0.29) is 11.5 Å². The van der Waals surface area contributed by atoms with Gasteiger partial charge in [0.25, 0.3) is 0 Å². The van der Waals surface area contributed by atoms with Crippen molar-refractivity contribution in [2.24, 2.45) is 11.0 Å². The quantitative estimate of drug-likeness (QED) is 0.489. The Morgan fingerprint density at radius 1 is 1.32 bits per heavy atom. The highest BCUT2D eigenvalue weighted by Gasteiger charge is 2.32. The lowest BCUT2D eigenvalue weighted by Crippen LogP contribution is -2.27. The van der Waals surface area contributed by atoms with Gasteiger partial charge in [0.2, 0.25) is 5.91 Å². The van der Waals surface area contributed by atoms with Gasteiger partial charge in [-0.25, -0.2) is 18.6 Å². The second-order valence-electron chi connectivity index (χ2n) is 4.95. The second-order valence-corrected chi connectivity index (χ2v) is 7.18. The maximum atomic E-state index is 11.8. The fraction of sp³-hybridized carbons (Fsp3) is 0.357. The number of benzene rings is 1. The van der Waals surface area contributed by atoms with Gasteiger partial charge in [-0.2, -0.15) is 5.10 Å². The molecule has 1 fully saturated rings. The second kappa shape index (κ2) is 6.69. The van der Waals surface area contributed by atoms with E-state index in [1.807, 2.05) is 0 Å². The van der Waals surface area contributed by atoms with Crippen LogP contribution in [0.15, 0.2) is 29.4 Å². The number of methoxy groups -OCH3 is 1. The molecule has 0 aromatic heterocycles. The van der Waals surface area contributed by atoms with Crippen LogP contribution in [0.4, 0.5) is 0 Å². The highest BCUT2D eigenvalue weighted by atomic mass is 32.2. The minimum atomic E-state index is -3.09. The number of hydrogen-bond acceptors (Lipinski definition) is 6. The topological polar surface area (TPSA) is 102 Å². The van der Waals surface area contributed by atoms with Gasteiger partial charge < -0.3 is 4.74 Å². The monoisotopic (exact) mass is 324 g/mol. The van der Waals surface area contributed by atoms with Gasteiger partial charge in [0, 0.05) is 0 Å². The Kier molecular flexibility index (Phi) is 4.92. The van der Waals surface area contributed by atoms with Gasteiger partial charge in [0.1, 0.15) is 0 Å². The van der Waals surface area contributed by atoms with Gasteiger partial charge in [0.05, 0.1) is 36.3 Å². The predicted octanol–water partition coefficient (Wildman–Crippen LogP) is 0.358. The molecule has 22 heavy (non-hydrogen) atoms. The molecule has 0 aliphatic carbocycles. The molecule has 1 heterocycles. The molecule has 1 aliphatic heterocycles. The molecule has 2 rings (SSSR count). The van der Waals surface area contributed by atoms with Crippen LogP contribution in [-0.2, 0) is 19.4 Å². The third-order valence-corrected chi connectivity index (χ3v) is 5.09. The third kappa shape index (κ3) is 4.14. The van der Waals surface area contributed by atoms with Gasteiger partial charge >= 0.3 is 5.97 Å². The van der Waals surface area contributed by atoms with Crippen molar-refractivity contribution in [2.45, 2.75) is 6.42 Å². The number of nitrogens with one attached hydrogen (secondary N) is 1. The molecule has 0 saturated carbocycles. The molecule has 1 aromatic carbocycles. The van der Waals surface area contributed by atoms with Crippen molar-refractivity contribution in [3.63, 3.8) is 0 Å². The lowest BCUT2D eigenvalue weighted by Gasteiger charge is -2.04. The van der Waals surface area contributed by atoms with Gasteiger partial charge in [-0.05, 0) is 24.1 Å². The Morgan fingerprint density at radius 2 is 2.00 bits per heavy atom. The number of rotatable bonds is 4. The third-order valence-electron chi connectivity index (χ3n) is 3.32. The van der Waals surface area contributed by atoms with Crippen molar-refractivity contribution in [2.75, 3.05) is 18.6 Å². The summed E-state index contributed by atoms with van der Waals surface area (Å²) < 4.78 is 27.2. The van der Waals surface area contributed by atoms with Crippen LogP contribution < -0.4 is 5.43 Å². The summed E-state index contributed by atoms with van der Waals surface area (Å²) >= 11 is 0. The molecule has 0 radical (unpaired) electrons. The Bertz CT molecular complexity index is 694. The van der Waals surface area contributed by atoms with Crippen LogP contribution in [-0.4, -0.2) is 45.1 Å². The van der Waals surface area contributed by atoms with Crippen LogP contribution in [0.25, 0.3) is 0 Å². The van der Waals surface area contributed by atoms with E-state index in [9.17, 15) is 18.0 Å². The standard InChI is InChI=1S/C14H16N2O5S/c1-21-14(18)11-4-2-10(3-5-11)8-15-16-13(17)12-6-7-22(19,20)9-12/h2-5,8,12H,6-7,9H2,1H3,(H,16,17)/b15-8-/t12-/m1/s1. The molecule has 0 unspecified atom stereocenters. The average molecular weight is 324 g/mol. The summed E-state index contributed by atoms with van der Waals surface area (Å²) in [6, 6.07) is 6.47. The first kappa shape index (κ1) is 16.2. The molecule has 1 amide bonds. The number of hydrazone groups is 1. The molecule has 118 valence electrons. The molecule has 8 heteroatoms. The zero-order valence-corrected chi connectivity index (χ0v) is 12.8. The maximum absolute atomic E-state index is 11.8. The van der Waals surface area contributed by atoms with Crippen LogP contribution in [0.5, 0.6) is 0 Å². The Hall–Kier alpha value is -2.22. The summed E-state index contributed by atoms with van der Waals surface area (Å²) in [5.41, 5.74) is 3.44. The maximum Gasteiger partial charge on any atom is 0.337 e. The zero-order chi connectivity index (χ0) is 16.2. The molecule has 0 bridgehead atoms. The minimum Gasteiger partial charge on any atom is -0.465 e. The predicted molar refractivity (Wildman–Crippen MR) is 80.3 cm³/mol. The Morgan fingerprint density at radius 3 is 2.55 bits per heavy atom. The molecular formula is C14H16N2O5S. The minimum absolute atomic E-state index is 0.0454. The van der Waals surface area contributed by atoms with Crippen molar-refractivity contribution in [3.8, 4) is 0 Å². The first-order chi connectivity index (χ1) is 10.4. The van der Waals surface area contributed by atoms with E-state index < -0.39 is 27.6 Å². The van der Waals surface area contributed by atoms with Gasteiger partial charge in [0.15, 0.2) is 9.84 Å². The first-order valence-electron chi connectivity index (χ1n) is 6.63. The number of hydrogen-bond donors (Lipinski definition) is 1. The van der Waals surface area contributed by atoms with Crippen molar-refractivity contribution in [1.29, 1.82) is 0 Å². The molecule has 1 aromatic rings. The van der Waals surface area contributed by atoms with Crippen molar-refractivity contribution in [3.05, 3.63) is 35.4 Å². The number of nitrogens with zero attached hydrogens (tertiary/aromatic N) is 1. The SMILES string of the molecule is COC(=O)c1ccc(/C=N\NC(=O)[C@@H]2CCS(=O)(=O)C2)cc1. The van der Waals surface area contributed by atoms with E-state index in [0.29, 0.717) is 17.5 Å². The molecule has 1 saturated heterocycles. The number of ether oxygens (including phenoxy) is 1. The van der Waals surface area contributed by atoms with Crippen molar-refractivity contribution < 1.29 is 22.7 Å². The van der Waals surface area contributed by atoms with E-state index >= 15 is 0 Å². The molecule has 1 aliphatic rings. The van der Waals surface area contributed by atoms with Crippen LogP contribution in [0.1, 0.15) is 22.3 Å². The normalized spacial score (nSPS) is 20.0. The molecule has 1 atom stereocenters. The fourth-order valence-electron chi connectivity index (χ4n) is 2.09. The van der Waals surface area contributed by atoms with E-state index in [1.54, 1.807) is 24.3 Å². The number of esters is 1. The van der Waals surface area contributed by atoms with E-state index in [4.69, 9.17) is 0 Å². The largest absolute Gasteiger partial charge is 0.465 e. The average Bonchev–Trinajstić information content (AvgIpc) is 2.87. The van der Waals surface area contributed by atoms with Gasteiger partial charge in [-0.1, -0.05) is 12.1 Å². The van der Waals surface area contributed by atoms with Gasteiger partial charge in [-0.3, -0.25) is 4.79 Å². The first-order valence-corrected chi connectivity index (χ1v) is 8.45. The van der Waals surface area contributed by atoms with Crippen LogP contribution >= 0.6 is 0 Å². The number of carbonyl (C=O) groups excluding carboxylic acids is 2. The van der Waals surface area contributed by atoms with E-state index in [2.05, 4.69) is 15.3 Å². The smallest absolute Gasteiger partial charge is 0.337 e. The van der Waals surface area contributed by atoms with Crippen LogP contribution in [0.2, 0.25) is 0 Å². The summed E-state index contributed by atoms with van der Waals surface area (Å²) in [5, 5.41) is 3.79. The van der Waals surface area contributed by atoms with Crippen molar-refractivity contribution >= 4 is 27.9 Å². The van der Waals surface area contributed by atoms with E-state index in [1.165, 1.54) is 13.3 Å². The van der Waals surface area contributed by atoms with Crippen LogP contribution in [0.3, 0.4) is 0 Å². The summed E-state index contributed by atoms with van der Waals surface area (Å²) in [7, 11) is -1.79. The number of sulfone groups is 1. The summed E-state index contributed by atoms with van der Waals surface area (Å²) in [5.74, 6) is -1.45. The highest BCUT2D eigenvalue weighted by Crippen LogP contribution is 2.18. The van der Waals surface area contributed by atoms with E-state index in [0.717, 1.165) is 0 Å². The van der Waals surface area contributed by atoms with Crippen molar-refractivity contribution in [1.82, 2.24) is 5.43 Å². The Labute approximate surface area is 128 Å². The fourth-order valence-corrected chi connectivity index (χ4v) is 3.83. The number of amides is 1. The molecule has 0 spiro atoms. The summed E-state index contributed by atoms with van der Waals surface area (Å²) in [6.45, 7) is 0. The zero-order valence-electron chi connectivity index (χ0n) is 12.0. The summed E-state index contributed by atoms with van der Waals surface area (Å²) in [6.07, 6.45) is 1.75. The lowest BCUT2D eigenvalue weighted by atomic mass is 10.1. The number of carbonyl (C=O) groups is 2.